The summed E-state index contributed by atoms with van der Waals surface area (Å²) in [5, 5.41) is 12.5. The minimum atomic E-state index is -0.792. The van der Waals surface area contributed by atoms with Crippen molar-refractivity contribution in [1.82, 2.24) is 4.98 Å². The van der Waals surface area contributed by atoms with Crippen molar-refractivity contribution in [3.63, 3.8) is 0 Å². The summed E-state index contributed by atoms with van der Waals surface area (Å²) in [6.45, 7) is 3.87. The minimum absolute atomic E-state index is 0.119. The number of aliphatic carboxylic acids is 1. The molecule has 116 valence electrons. The highest BCUT2D eigenvalue weighted by Gasteiger charge is 2.23. The van der Waals surface area contributed by atoms with Gasteiger partial charge < -0.3 is 10.4 Å². The Balaban J connectivity index is 2.10. The molecule has 0 saturated carbocycles. The molecule has 5 nitrogen and oxygen atoms in total. The first-order valence-electron chi connectivity index (χ1n) is 6.87. The van der Waals surface area contributed by atoms with Gasteiger partial charge in [-0.15, -0.1) is 11.3 Å². The van der Waals surface area contributed by atoms with E-state index in [1.165, 1.54) is 0 Å². The summed E-state index contributed by atoms with van der Waals surface area (Å²) in [4.78, 5) is 26.7. The second kappa shape index (κ2) is 6.70. The van der Waals surface area contributed by atoms with Gasteiger partial charge in [-0.05, 0) is 23.1 Å². The van der Waals surface area contributed by atoms with Gasteiger partial charge in [-0.2, -0.15) is 0 Å². The van der Waals surface area contributed by atoms with Crippen molar-refractivity contribution in [3.8, 4) is 10.4 Å². The van der Waals surface area contributed by atoms with Gasteiger partial charge in [0.2, 0.25) is 6.41 Å². The average molecular weight is 318 g/mol. The molecule has 2 N–H and O–H groups in total. The molecule has 0 radical (unpaired) electrons. The molecule has 0 aliphatic rings. The first-order chi connectivity index (χ1) is 10.4. The van der Waals surface area contributed by atoms with Gasteiger partial charge in [0.05, 0.1) is 16.3 Å². The summed E-state index contributed by atoms with van der Waals surface area (Å²) in [5.41, 5.74) is 1.45. The Hall–Kier alpha value is -2.21. The lowest BCUT2D eigenvalue weighted by Gasteiger charge is -2.20. The zero-order valence-electron chi connectivity index (χ0n) is 12.5. The van der Waals surface area contributed by atoms with Crippen LogP contribution >= 0.6 is 11.3 Å². The van der Waals surface area contributed by atoms with Crippen LogP contribution < -0.4 is 5.32 Å². The van der Waals surface area contributed by atoms with E-state index in [0.29, 0.717) is 12.8 Å². The highest BCUT2D eigenvalue weighted by atomic mass is 32.1. The minimum Gasteiger partial charge on any atom is -0.481 e. The molecule has 1 aromatic heterocycles. The lowest BCUT2D eigenvalue weighted by Crippen LogP contribution is -2.19. The second-order valence-corrected chi connectivity index (χ2v) is 6.98. The average Bonchev–Trinajstić information content (AvgIpc) is 2.86. The largest absolute Gasteiger partial charge is 0.481 e. The van der Waals surface area contributed by atoms with Crippen molar-refractivity contribution in [2.75, 3.05) is 5.32 Å². The Morgan fingerprint density at radius 2 is 2.05 bits per heavy atom. The monoisotopic (exact) mass is 318 g/mol. The molecule has 1 heterocycles. The molecule has 0 spiro atoms. The van der Waals surface area contributed by atoms with Crippen LogP contribution in [0.4, 0.5) is 5.69 Å². The zero-order valence-corrected chi connectivity index (χ0v) is 13.3. The van der Waals surface area contributed by atoms with Crippen LogP contribution in [0.15, 0.2) is 30.5 Å². The van der Waals surface area contributed by atoms with E-state index in [4.69, 9.17) is 5.11 Å². The molecule has 22 heavy (non-hydrogen) atoms. The Bertz CT molecular complexity index is 662. The molecular weight excluding hydrogens is 300 g/mol. The summed E-state index contributed by atoms with van der Waals surface area (Å²) in [7, 11) is 0. The number of thiazole rings is 1. The Morgan fingerprint density at radius 1 is 1.36 bits per heavy atom. The van der Waals surface area contributed by atoms with Gasteiger partial charge in [0.25, 0.3) is 0 Å². The van der Waals surface area contributed by atoms with Gasteiger partial charge in [-0.25, -0.2) is 4.98 Å². The molecule has 0 fully saturated rings. The van der Waals surface area contributed by atoms with Crippen molar-refractivity contribution in [2.24, 2.45) is 5.41 Å². The summed E-state index contributed by atoms with van der Waals surface area (Å²) >= 11 is 1.57. The highest BCUT2D eigenvalue weighted by molar-refractivity contribution is 7.15. The summed E-state index contributed by atoms with van der Waals surface area (Å²) in [6, 6.07) is 7.51. The number of carbonyl (C=O) groups excluding carboxylic acids is 1. The number of nitrogens with zero attached hydrogens (tertiary/aromatic N) is 1. The molecule has 0 saturated heterocycles. The summed E-state index contributed by atoms with van der Waals surface area (Å²) < 4.78 is 0. The van der Waals surface area contributed by atoms with Crippen LogP contribution in [0.3, 0.4) is 0 Å². The van der Waals surface area contributed by atoms with Crippen molar-refractivity contribution >= 4 is 29.4 Å². The van der Waals surface area contributed by atoms with Crippen molar-refractivity contribution in [3.05, 3.63) is 35.5 Å². The first-order valence-corrected chi connectivity index (χ1v) is 7.68. The van der Waals surface area contributed by atoms with Gasteiger partial charge in [0.1, 0.15) is 0 Å². The predicted octanol–water partition coefficient (Wildman–Crippen LogP) is 3.42. The molecule has 0 aliphatic heterocycles. The van der Waals surface area contributed by atoms with E-state index in [-0.39, 0.29) is 11.8 Å². The fourth-order valence-corrected chi connectivity index (χ4v) is 3.39. The number of hydrogen-bond donors (Lipinski definition) is 2. The number of rotatable bonds is 7. The van der Waals surface area contributed by atoms with Gasteiger partial charge in [-0.3, -0.25) is 9.59 Å². The fraction of sp³-hybridized carbons (Fsp3) is 0.312. The van der Waals surface area contributed by atoms with Crippen LogP contribution in [0.25, 0.3) is 10.4 Å². The number of aromatic nitrogens is 1. The number of carbonyl (C=O) groups is 2. The molecule has 2 rings (SSSR count). The number of anilines is 1. The summed E-state index contributed by atoms with van der Waals surface area (Å²) in [6.07, 6.45) is 3.20. The molecule has 0 unspecified atom stereocenters. The normalized spacial score (nSPS) is 11.2. The molecule has 1 amide bonds. The molecule has 2 aromatic rings. The van der Waals surface area contributed by atoms with Crippen LogP contribution in [-0.4, -0.2) is 22.5 Å². The number of benzene rings is 1. The third-order valence-electron chi connectivity index (χ3n) is 3.21. The lowest BCUT2D eigenvalue weighted by molar-refractivity contribution is -0.139. The molecule has 6 heteroatoms. The van der Waals surface area contributed by atoms with E-state index in [1.54, 1.807) is 17.5 Å². The van der Waals surface area contributed by atoms with Crippen molar-refractivity contribution in [2.45, 2.75) is 26.7 Å². The van der Waals surface area contributed by atoms with Crippen LogP contribution in [0.5, 0.6) is 0 Å². The third-order valence-corrected chi connectivity index (χ3v) is 4.25. The molecule has 0 bridgehead atoms. The highest BCUT2D eigenvalue weighted by Crippen LogP contribution is 2.32. The van der Waals surface area contributed by atoms with Crippen LogP contribution in [0, 0.1) is 5.41 Å². The first kappa shape index (κ1) is 16.2. The predicted molar refractivity (Wildman–Crippen MR) is 87.0 cm³/mol. The number of nitrogens with one attached hydrogen (secondary N) is 1. The Labute approximate surface area is 133 Å². The Morgan fingerprint density at radius 3 is 2.64 bits per heavy atom. The van der Waals surface area contributed by atoms with Gasteiger partial charge in [0, 0.05) is 18.3 Å². The molecular formula is C16H18N2O3S. The van der Waals surface area contributed by atoms with Crippen LogP contribution in [0.1, 0.15) is 25.3 Å². The number of amides is 1. The fourth-order valence-electron chi connectivity index (χ4n) is 2.21. The lowest BCUT2D eigenvalue weighted by atomic mass is 9.86. The van der Waals surface area contributed by atoms with E-state index < -0.39 is 5.97 Å². The van der Waals surface area contributed by atoms with Crippen LogP contribution in [-0.2, 0) is 16.0 Å². The topological polar surface area (TPSA) is 79.3 Å². The van der Waals surface area contributed by atoms with E-state index in [2.05, 4.69) is 10.3 Å². The molecule has 1 aromatic carbocycles. The molecule has 0 aliphatic carbocycles. The Kier molecular flexibility index (Phi) is 4.92. The maximum atomic E-state index is 10.9. The van der Waals surface area contributed by atoms with E-state index >= 15 is 0 Å². The SMILES string of the molecule is CC(C)(CC(=O)O)Cc1ncc(-c2ccc(NC=O)cc2)s1. The number of carboxylic acid groups (broad SMARTS) is 1. The van der Waals surface area contributed by atoms with Crippen LogP contribution in [0.2, 0.25) is 0 Å². The molecule has 0 atom stereocenters. The maximum absolute atomic E-state index is 10.9. The van der Waals surface area contributed by atoms with Crippen molar-refractivity contribution in [1.29, 1.82) is 0 Å². The summed E-state index contributed by atoms with van der Waals surface area (Å²) in [5.74, 6) is -0.792. The second-order valence-electron chi connectivity index (χ2n) is 5.87. The number of hydrogen-bond acceptors (Lipinski definition) is 4. The van der Waals surface area contributed by atoms with E-state index in [9.17, 15) is 9.59 Å². The van der Waals surface area contributed by atoms with Gasteiger partial charge in [-0.1, -0.05) is 26.0 Å². The number of carboxylic acids is 1. The van der Waals surface area contributed by atoms with Gasteiger partial charge >= 0.3 is 5.97 Å². The standard InChI is InChI=1S/C16H18N2O3S/c1-16(2,8-15(20)21)7-14-17-9-13(22-14)11-3-5-12(6-4-11)18-10-19/h3-6,9-10H,7-8H2,1-2H3,(H,18,19)(H,20,21). The third kappa shape index (κ3) is 4.39. The smallest absolute Gasteiger partial charge is 0.303 e. The van der Waals surface area contributed by atoms with Gasteiger partial charge in [0.15, 0.2) is 0 Å². The van der Waals surface area contributed by atoms with E-state index in [1.807, 2.05) is 38.1 Å². The van der Waals surface area contributed by atoms with E-state index in [0.717, 1.165) is 21.1 Å². The van der Waals surface area contributed by atoms with Crippen molar-refractivity contribution < 1.29 is 14.7 Å². The zero-order chi connectivity index (χ0) is 16.2. The maximum Gasteiger partial charge on any atom is 0.303 e. The quantitative estimate of drug-likeness (QED) is 0.767.